The fraction of sp³-hybridized carbons (Fsp3) is 0.115. The summed E-state index contributed by atoms with van der Waals surface area (Å²) < 4.78 is 78.0. The number of nitrogens with one attached hydrogen (secondary N) is 1. The zero-order chi connectivity index (χ0) is 53.5. The maximum absolute atomic E-state index is 13.4. The topological polar surface area (TPSA) is 284 Å². The molecule has 0 aromatic heterocycles. The van der Waals surface area contributed by atoms with Crippen LogP contribution < -0.4 is 25.0 Å². The number of amides is 1. The van der Waals surface area contributed by atoms with Gasteiger partial charge in [0.1, 0.15) is 38.4 Å². The van der Waals surface area contributed by atoms with Gasteiger partial charge in [0, 0.05) is 28.6 Å². The van der Waals surface area contributed by atoms with Gasteiger partial charge in [0.05, 0.1) is 40.2 Å². The molecule has 0 unspecified atom stereocenters. The van der Waals surface area contributed by atoms with Crippen molar-refractivity contribution in [1.82, 2.24) is 0 Å². The normalized spacial score (nSPS) is 11.9. The Bertz CT molecular complexity index is 3830. The molecular formula is C52H42BaCl2N6O12S2. The second kappa shape index (κ2) is 25.0. The van der Waals surface area contributed by atoms with Crippen LogP contribution in [0.3, 0.4) is 0 Å². The van der Waals surface area contributed by atoms with E-state index in [4.69, 9.17) is 32.7 Å². The fourth-order valence-electron chi connectivity index (χ4n) is 7.40. The van der Waals surface area contributed by atoms with Crippen molar-refractivity contribution in [1.29, 1.82) is 0 Å². The Balaban J connectivity index is 0.000000241. The Morgan fingerprint density at radius 3 is 1.61 bits per heavy atom. The largest absolute Gasteiger partial charge is 2.00 e. The number of halogens is 2. The van der Waals surface area contributed by atoms with Crippen LogP contribution in [-0.4, -0.2) is 105 Å². The summed E-state index contributed by atoms with van der Waals surface area (Å²) in [6, 6.07) is 35.5. The number of aliphatic imine (C=N–C) groups is 1. The smallest absolute Gasteiger partial charge is 0.871 e. The molecule has 8 aromatic rings. The molecule has 0 atom stereocenters. The van der Waals surface area contributed by atoms with E-state index in [1.54, 1.807) is 111 Å². The van der Waals surface area contributed by atoms with E-state index >= 15 is 0 Å². The van der Waals surface area contributed by atoms with Gasteiger partial charge in [0.15, 0.2) is 5.75 Å². The van der Waals surface area contributed by atoms with Gasteiger partial charge in [-0.1, -0.05) is 102 Å². The quantitative estimate of drug-likeness (QED) is 0.0260. The number of nitrogens with zero attached hydrogens (tertiary/aromatic N) is 5. The van der Waals surface area contributed by atoms with E-state index < -0.39 is 53.3 Å². The van der Waals surface area contributed by atoms with Crippen molar-refractivity contribution in [3.05, 3.63) is 166 Å². The number of rotatable bonds is 14. The maximum atomic E-state index is 13.4. The number of azo groups is 2. The number of fused-ring (bicyclic) bond motifs is 2. The van der Waals surface area contributed by atoms with Gasteiger partial charge >= 0.3 is 48.9 Å². The molecule has 8 aromatic carbocycles. The zero-order valence-corrected chi connectivity index (χ0v) is 47.7. The first-order valence-electron chi connectivity index (χ1n) is 22.1. The average Bonchev–Trinajstić information content (AvgIpc) is 3.34. The van der Waals surface area contributed by atoms with Gasteiger partial charge in [-0.05, 0) is 110 Å². The van der Waals surface area contributed by atoms with E-state index in [0.29, 0.717) is 68.8 Å². The number of hydrogen-bond acceptors (Lipinski definition) is 15. The maximum Gasteiger partial charge on any atom is 2.00 e. The minimum Gasteiger partial charge on any atom is -0.871 e. The molecule has 0 aliphatic carbocycles. The molecule has 380 valence electrons. The van der Waals surface area contributed by atoms with Crippen LogP contribution in [0, 0.1) is 13.8 Å². The van der Waals surface area contributed by atoms with Gasteiger partial charge in [-0.25, -0.2) is 0 Å². The van der Waals surface area contributed by atoms with Crippen LogP contribution in [0.4, 0.5) is 34.1 Å². The molecule has 0 heterocycles. The van der Waals surface area contributed by atoms with Crippen molar-refractivity contribution < 1.29 is 55.5 Å². The number of benzene rings is 8. The number of aryl methyl sites for hydroxylation is 2. The first kappa shape index (κ1) is 57.9. The molecule has 8 rings (SSSR count). The minimum atomic E-state index is -4.75. The molecular weight excluding hydrogens is 1170 g/mol. The summed E-state index contributed by atoms with van der Waals surface area (Å²) in [5, 5.41) is 57.8. The van der Waals surface area contributed by atoms with E-state index in [1.807, 2.05) is 13.8 Å². The number of carbonyl (C=O) groups is 1. The van der Waals surface area contributed by atoms with Gasteiger partial charge in [0.2, 0.25) is 0 Å². The summed E-state index contributed by atoms with van der Waals surface area (Å²) in [4.78, 5) is 16.0. The fourth-order valence-corrected chi connectivity index (χ4v) is 9.82. The van der Waals surface area contributed by atoms with Gasteiger partial charge in [-0.2, -0.15) is 21.9 Å². The summed E-state index contributed by atoms with van der Waals surface area (Å²) in [5.41, 5.74) is 0.472. The van der Waals surface area contributed by atoms with Crippen molar-refractivity contribution in [2.45, 2.75) is 37.5 Å². The van der Waals surface area contributed by atoms with Gasteiger partial charge < -0.3 is 30.1 Å². The van der Waals surface area contributed by atoms with E-state index in [1.165, 1.54) is 36.4 Å². The van der Waals surface area contributed by atoms with E-state index in [-0.39, 0.29) is 92.8 Å². The predicted molar refractivity (Wildman–Crippen MR) is 284 cm³/mol. The third-order valence-electron chi connectivity index (χ3n) is 10.8. The summed E-state index contributed by atoms with van der Waals surface area (Å²) in [5.74, 6) is -1.51. The van der Waals surface area contributed by atoms with Gasteiger partial charge in [-0.3, -0.25) is 18.9 Å². The molecule has 0 fully saturated rings. The third-order valence-corrected chi connectivity index (χ3v) is 13.5. The predicted octanol–water partition coefficient (Wildman–Crippen LogP) is 11.8. The molecule has 23 heteroatoms. The van der Waals surface area contributed by atoms with Crippen molar-refractivity contribution in [2.24, 2.45) is 25.4 Å². The second-order valence-electron chi connectivity index (χ2n) is 15.9. The first-order valence-corrected chi connectivity index (χ1v) is 25.7. The van der Waals surface area contributed by atoms with Crippen LogP contribution in [-0.2, 0) is 20.2 Å². The van der Waals surface area contributed by atoms with Crippen LogP contribution in [0.1, 0.15) is 40.9 Å². The number of carbonyl (C=O) groups excluding carboxylic acids is 1. The monoisotopic (exact) mass is 1210 g/mol. The molecule has 18 nitrogen and oxygen atoms in total. The van der Waals surface area contributed by atoms with Crippen LogP contribution in [0.2, 0.25) is 10.0 Å². The summed E-state index contributed by atoms with van der Waals surface area (Å²) in [7, 11) is -9.48. The van der Waals surface area contributed by atoms with E-state index in [0.717, 1.165) is 0 Å². The van der Waals surface area contributed by atoms with Crippen molar-refractivity contribution >= 4 is 160 Å². The molecule has 0 spiro atoms. The molecule has 0 aliphatic rings. The van der Waals surface area contributed by atoms with Gasteiger partial charge in [0.25, 0.3) is 26.1 Å². The standard InChI is InChI=1S/2C26H22ClN3O6S.Ba/c2*1-3-36-18-9-6-8-17(14-18)28-26(32)20-13-16-7-4-5-10-19(16)23(24(20)31)30-29-22-15(2)11-12-21(27)25(22)37(33,34)35;/h2*4-14,31H,3H2,1-2H3,(H,28,32)(H,33,34,35);/q;;+2/p-2. The summed E-state index contributed by atoms with van der Waals surface area (Å²) in [6.45, 7) is 7.68. The summed E-state index contributed by atoms with van der Waals surface area (Å²) in [6.07, 6.45) is 0. The number of aromatic hydroxyl groups is 1. The Morgan fingerprint density at radius 2 is 1.08 bits per heavy atom. The minimum absolute atomic E-state index is 0. The zero-order valence-electron chi connectivity index (χ0n) is 40.1. The Hall–Kier alpha value is -6.41. The molecule has 0 bridgehead atoms. The SMILES string of the molecule is CCOc1cccc(N=C([O-])c2cc3ccccc3c(N=Nc3c(C)ccc(Cl)c3S(=O)(=O)O)c2[O-])c1.CCOc1cccc(NC(=O)c2cc3ccccc3c(N=Nc3c(C)ccc(Cl)c3S(=O)(=O)O)c2O)c1.[Ba+2]. The van der Waals surface area contributed by atoms with Crippen molar-refractivity contribution in [3.63, 3.8) is 0 Å². The molecule has 1 amide bonds. The molecule has 0 radical (unpaired) electrons. The number of anilines is 1. The molecule has 0 saturated heterocycles. The van der Waals surface area contributed by atoms with Gasteiger partial charge in [-0.15, -0.1) is 15.3 Å². The Morgan fingerprint density at radius 1 is 0.613 bits per heavy atom. The van der Waals surface area contributed by atoms with Crippen molar-refractivity contribution in [2.75, 3.05) is 18.5 Å². The van der Waals surface area contributed by atoms with Crippen molar-refractivity contribution in [3.8, 4) is 23.0 Å². The molecule has 0 saturated carbocycles. The van der Waals surface area contributed by atoms with Crippen LogP contribution >= 0.6 is 23.2 Å². The Kier molecular flexibility index (Phi) is 19.3. The number of phenols is 1. The van der Waals surface area contributed by atoms with E-state index in [9.17, 15) is 46.1 Å². The number of hydrogen-bond donors (Lipinski definition) is 4. The summed E-state index contributed by atoms with van der Waals surface area (Å²) >= 11 is 12.0. The third kappa shape index (κ3) is 13.7. The average molecular weight is 1220 g/mol. The number of phenolic OH excluding ortho intramolecular Hbond substituents is 1. The number of ether oxygens (including phenoxy) is 2. The van der Waals surface area contributed by atoms with Crippen LogP contribution in [0.5, 0.6) is 23.0 Å². The van der Waals surface area contributed by atoms with Crippen LogP contribution in [0.15, 0.2) is 169 Å². The molecule has 75 heavy (non-hydrogen) atoms. The molecule has 0 aliphatic heterocycles. The second-order valence-corrected chi connectivity index (χ2v) is 19.4. The van der Waals surface area contributed by atoms with E-state index in [2.05, 4.69) is 30.8 Å². The Labute approximate surface area is 481 Å². The first-order chi connectivity index (χ1) is 35.2. The molecule has 4 N–H and O–H groups in total. The van der Waals surface area contributed by atoms with Crippen LogP contribution in [0.25, 0.3) is 21.5 Å².